The maximum absolute atomic E-state index is 13.2. The van der Waals surface area contributed by atoms with Gasteiger partial charge in [-0.2, -0.15) is 13.2 Å². The smallest absolute Gasteiger partial charge is 0.389 e. The second-order valence-electron chi connectivity index (χ2n) is 9.93. The van der Waals surface area contributed by atoms with E-state index in [1.807, 2.05) is 37.3 Å². The van der Waals surface area contributed by atoms with E-state index in [1.54, 1.807) is 41.3 Å². The molecule has 9 heteroatoms. The normalized spacial score (nSPS) is 16.5. The van der Waals surface area contributed by atoms with Gasteiger partial charge in [-0.15, -0.1) is 0 Å². The molecule has 1 heterocycles. The first-order valence-corrected chi connectivity index (χ1v) is 13.2. The second-order valence-corrected chi connectivity index (χ2v) is 10.4. The predicted molar refractivity (Wildman–Crippen MR) is 146 cm³/mol. The van der Waals surface area contributed by atoms with Crippen LogP contribution in [-0.4, -0.2) is 41.1 Å². The predicted octanol–water partition coefficient (Wildman–Crippen LogP) is 7.75. The van der Waals surface area contributed by atoms with Crippen LogP contribution in [0, 0.1) is 12.8 Å². The first-order valence-electron chi connectivity index (χ1n) is 12.8. The largest absolute Gasteiger partial charge is 0.481 e. The Bertz CT molecular complexity index is 1310. The Morgan fingerprint density at radius 2 is 1.72 bits per heavy atom. The molecule has 1 aliphatic rings. The fraction of sp³-hybridized carbons (Fsp3) is 0.333. The van der Waals surface area contributed by atoms with Gasteiger partial charge in [0, 0.05) is 35.8 Å². The van der Waals surface area contributed by atoms with Crippen molar-refractivity contribution in [2.24, 2.45) is 5.92 Å². The summed E-state index contributed by atoms with van der Waals surface area (Å²) in [6.07, 6.45) is -4.23. The van der Waals surface area contributed by atoms with Crippen molar-refractivity contribution in [3.05, 3.63) is 88.4 Å². The van der Waals surface area contributed by atoms with Crippen LogP contribution in [-0.2, 0) is 4.79 Å². The van der Waals surface area contributed by atoms with Gasteiger partial charge in [0.25, 0.3) is 5.91 Å². The molecule has 0 saturated carbocycles. The molecule has 1 aliphatic heterocycles. The highest BCUT2D eigenvalue weighted by Crippen LogP contribution is 2.34. The van der Waals surface area contributed by atoms with Gasteiger partial charge < -0.3 is 15.3 Å². The van der Waals surface area contributed by atoms with Gasteiger partial charge in [-0.25, -0.2) is 0 Å². The number of likely N-dealkylation sites (tertiary alicyclic amines) is 1. The molecule has 1 saturated heterocycles. The molecule has 3 aromatic rings. The van der Waals surface area contributed by atoms with Gasteiger partial charge in [-0.1, -0.05) is 41.9 Å². The molecule has 0 bridgehead atoms. The number of hydrogen-bond donors (Lipinski definition) is 2. The Kier molecular flexibility index (Phi) is 8.85. The molecule has 2 N–H and O–H groups in total. The van der Waals surface area contributed by atoms with Crippen LogP contribution in [0.4, 0.5) is 18.9 Å². The number of carbonyl (C=O) groups is 2. The summed E-state index contributed by atoms with van der Waals surface area (Å²) in [5.74, 6) is -1.74. The third-order valence-corrected chi connectivity index (χ3v) is 7.32. The molecule has 2 atom stereocenters. The Morgan fingerprint density at radius 3 is 2.33 bits per heavy atom. The Balaban J connectivity index is 1.52. The van der Waals surface area contributed by atoms with Crippen LogP contribution in [0.15, 0.2) is 66.7 Å². The summed E-state index contributed by atoms with van der Waals surface area (Å²) in [4.78, 5) is 25.8. The Labute approximate surface area is 230 Å². The van der Waals surface area contributed by atoms with Crippen LogP contribution >= 0.6 is 11.6 Å². The number of nitrogens with zero attached hydrogens (tertiary/aromatic N) is 1. The number of carboxylic acids is 1. The minimum Gasteiger partial charge on any atom is -0.481 e. The lowest BCUT2D eigenvalue weighted by Gasteiger charge is -2.30. The molecule has 0 spiro atoms. The number of nitrogens with one attached hydrogen (secondary N) is 1. The molecule has 1 unspecified atom stereocenters. The molecule has 5 nitrogen and oxygen atoms in total. The number of amides is 1. The SMILES string of the molecule is Cc1cc(-c2ccc(Cl)cc2)ccc1C(CCC(F)(F)F)Nc1ccc(C(=O)N2CCC[C@@H](C(=O)O)C2)cc1. The van der Waals surface area contributed by atoms with E-state index in [0.717, 1.165) is 22.3 Å². The Morgan fingerprint density at radius 1 is 1.05 bits per heavy atom. The number of aliphatic carboxylic acids is 1. The maximum Gasteiger partial charge on any atom is 0.389 e. The summed E-state index contributed by atoms with van der Waals surface area (Å²) in [5.41, 5.74) is 4.49. The maximum atomic E-state index is 13.2. The van der Waals surface area contributed by atoms with Gasteiger partial charge in [0.2, 0.25) is 0 Å². The molecular weight excluding hydrogens is 529 g/mol. The summed E-state index contributed by atoms with van der Waals surface area (Å²) >= 11 is 5.99. The van der Waals surface area contributed by atoms with E-state index in [0.29, 0.717) is 35.7 Å². The van der Waals surface area contributed by atoms with E-state index in [4.69, 9.17) is 11.6 Å². The van der Waals surface area contributed by atoms with Gasteiger partial charge in [-0.05, 0) is 84.8 Å². The van der Waals surface area contributed by atoms with Crippen molar-refractivity contribution in [3.8, 4) is 11.1 Å². The average Bonchev–Trinajstić information content (AvgIpc) is 2.91. The van der Waals surface area contributed by atoms with Crippen LogP contribution in [0.1, 0.15) is 53.2 Å². The number of benzene rings is 3. The number of aryl methyl sites for hydroxylation is 1. The Hall–Kier alpha value is -3.52. The minimum atomic E-state index is -4.30. The average molecular weight is 559 g/mol. The molecule has 0 aliphatic carbocycles. The van der Waals surface area contributed by atoms with Crippen LogP contribution in [0.25, 0.3) is 11.1 Å². The topological polar surface area (TPSA) is 69.6 Å². The van der Waals surface area contributed by atoms with Gasteiger partial charge >= 0.3 is 12.1 Å². The first kappa shape index (κ1) is 28.5. The zero-order valence-corrected chi connectivity index (χ0v) is 22.2. The van der Waals surface area contributed by atoms with Crippen molar-refractivity contribution in [1.29, 1.82) is 0 Å². The first-order chi connectivity index (χ1) is 18.5. The number of piperidine rings is 1. The van der Waals surface area contributed by atoms with E-state index in [1.165, 1.54) is 0 Å². The quantitative estimate of drug-likeness (QED) is 0.296. The third kappa shape index (κ3) is 7.53. The van der Waals surface area contributed by atoms with Crippen molar-refractivity contribution >= 4 is 29.2 Å². The molecule has 3 aromatic carbocycles. The van der Waals surface area contributed by atoms with E-state index in [9.17, 15) is 27.9 Å². The lowest BCUT2D eigenvalue weighted by atomic mass is 9.93. The molecule has 1 fully saturated rings. The molecule has 0 radical (unpaired) electrons. The van der Waals surface area contributed by atoms with Gasteiger partial charge in [0.15, 0.2) is 0 Å². The zero-order chi connectivity index (χ0) is 28.2. The zero-order valence-electron chi connectivity index (χ0n) is 21.5. The minimum absolute atomic E-state index is 0.157. The van der Waals surface area contributed by atoms with Crippen molar-refractivity contribution < 1.29 is 27.9 Å². The van der Waals surface area contributed by atoms with Gasteiger partial charge in [0.1, 0.15) is 0 Å². The summed E-state index contributed by atoms with van der Waals surface area (Å²) in [5, 5.41) is 13.1. The van der Waals surface area contributed by atoms with Crippen LogP contribution in [0.2, 0.25) is 5.02 Å². The van der Waals surface area contributed by atoms with E-state index >= 15 is 0 Å². The molecule has 1 amide bonds. The van der Waals surface area contributed by atoms with Crippen molar-refractivity contribution in [2.45, 2.75) is 44.8 Å². The van der Waals surface area contributed by atoms with Crippen molar-refractivity contribution in [3.63, 3.8) is 0 Å². The third-order valence-electron chi connectivity index (χ3n) is 7.07. The molecule has 39 heavy (non-hydrogen) atoms. The fourth-order valence-corrected chi connectivity index (χ4v) is 5.08. The van der Waals surface area contributed by atoms with Gasteiger partial charge in [0.05, 0.1) is 12.0 Å². The summed E-state index contributed by atoms with van der Waals surface area (Å²) in [6, 6.07) is 19.0. The summed E-state index contributed by atoms with van der Waals surface area (Å²) < 4.78 is 39.5. The number of carbonyl (C=O) groups excluding carboxylic acids is 1. The number of halogens is 4. The van der Waals surface area contributed by atoms with Crippen molar-refractivity contribution in [2.75, 3.05) is 18.4 Å². The van der Waals surface area contributed by atoms with Gasteiger partial charge in [-0.3, -0.25) is 9.59 Å². The van der Waals surface area contributed by atoms with E-state index in [-0.39, 0.29) is 18.9 Å². The summed E-state index contributed by atoms with van der Waals surface area (Å²) in [6.45, 7) is 2.54. The summed E-state index contributed by atoms with van der Waals surface area (Å²) in [7, 11) is 0. The number of rotatable bonds is 8. The second kappa shape index (κ2) is 12.1. The van der Waals surface area contributed by atoms with E-state index < -0.39 is 30.5 Å². The molecule has 0 aromatic heterocycles. The standard InChI is InChI=1S/C30H30ClF3N2O3/c1-19-17-22(20-4-9-24(31)10-5-20)8-13-26(19)27(14-15-30(32,33)34)35-25-11-6-21(7-12-25)28(37)36-16-2-3-23(18-36)29(38)39/h4-13,17,23,27,35H,2-3,14-16,18H2,1H3,(H,38,39)/t23-,27?/m1/s1. The number of alkyl halides is 3. The number of hydrogen-bond acceptors (Lipinski definition) is 3. The highest BCUT2D eigenvalue weighted by molar-refractivity contribution is 6.30. The monoisotopic (exact) mass is 558 g/mol. The number of anilines is 1. The lowest BCUT2D eigenvalue weighted by Crippen LogP contribution is -2.42. The van der Waals surface area contributed by atoms with Crippen LogP contribution in [0.5, 0.6) is 0 Å². The highest BCUT2D eigenvalue weighted by Gasteiger charge is 2.30. The highest BCUT2D eigenvalue weighted by atomic mass is 35.5. The fourth-order valence-electron chi connectivity index (χ4n) is 4.96. The van der Waals surface area contributed by atoms with Crippen molar-refractivity contribution in [1.82, 2.24) is 4.90 Å². The molecule has 4 rings (SSSR count). The van der Waals surface area contributed by atoms with Crippen LogP contribution < -0.4 is 5.32 Å². The van der Waals surface area contributed by atoms with E-state index in [2.05, 4.69) is 5.32 Å². The van der Waals surface area contributed by atoms with Crippen LogP contribution in [0.3, 0.4) is 0 Å². The molecular formula is C30H30ClF3N2O3. The number of carboxylic acid groups (broad SMARTS) is 1. The lowest BCUT2D eigenvalue weighted by molar-refractivity contribution is -0.143. The molecule has 206 valence electrons.